The summed E-state index contributed by atoms with van der Waals surface area (Å²) in [4.78, 5) is 13.3. The Morgan fingerprint density at radius 3 is 2.31 bits per heavy atom. The Morgan fingerprint density at radius 2 is 1.88 bits per heavy atom. The van der Waals surface area contributed by atoms with E-state index in [0.717, 1.165) is 11.3 Å². The number of rotatable bonds is 5. The van der Waals surface area contributed by atoms with Crippen LogP contribution in [0.1, 0.15) is 31.1 Å². The van der Waals surface area contributed by atoms with E-state index in [4.69, 9.17) is 5.73 Å². The molecule has 0 radical (unpaired) electrons. The Kier molecular flexibility index (Phi) is 4.56. The molecule has 0 aliphatic rings. The first-order valence-corrected chi connectivity index (χ1v) is 6.47. The molecule has 0 aromatic heterocycles. The molecule has 0 unspecified atom stereocenters. The highest BCUT2D eigenvalue weighted by atomic mass is 32.2. The van der Waals surface area contributed by atoms with E-state index in [1.165, 1.54) is 4.90 Å². The summed E-state index contributed by atoms with van der Waals surface area (Å²) in [5, 5.41) is 0. The number of benzene rings is 1. The zero-order valence-electron chi connectivity index (χ0n) is 10.1. The van der Waals surface area contributed by atoms with Crippen molar-refractivity contribution in [2.45, 2.75) is 25.7 Å². The standard InChI is InChI=1S/C13H19NOS/c1-4-16-11-7-5-10(6-8-11)12(15)13(2,3)9-14/h5-8H,4,9,14H2,1-3H3. The van der Waals surface area contributed by atoms with Gasteiger partial charge in [0.15, 0.2) is 5.78 Å². The Balaban J connectivity index is 2.86. The van der Waals surface area contributed by atoms with Crippen LogP contribution in [-0.4, -0.2) is 18.1 Å². The predicted octanol–water partition coefficient (Wildman–Crippen LogP) is 2.97. The molecule has 0 saturated carbocycles. The van der Waals surface area contributed by atoms with Crippen LogP contribution in [-0.2, 0) is 0 Å². The van der Waals surface area contributed by atoms with Crippen LogP contribution in [0.4, 0.5) is 0 Å². The Labute approximate surface area is 102 Å². The molecule has 1 aromatic carbocycles. The fourth-order valence-electron chi connectivity index (χ4n) is 1.35. The summed E-state index contributed by atoms with van der Waals surface area (Å²) < 4.78 is 0. The minimum Gasteiger partial charge on any atom is -0.329 e. The summed E-state index contributed by atoms with van der Waals surface area (Å²) in [7, 11) is 0. The SMILES string of the molecule is CCSc1ccc(C(=O)C(C)(C)CN)cc1. The molecule has 0 heterocycles. The Hall–Kier alpha value is -0.800. The first kappa shape index (κ1) is 13.3. The number of Topliss-reactive ketones (excluding diaryl/α,β-unsaturated/α-hetero) is 1. The van der Waals surface area contributed by atoms with Gasteiger partial charge in [0.05, 0.1) is 0 Å². The Bertz CT molecular complexity index is 357. The number of hydrogen-bond acceptors (Lipinski definition) is 3. The van der Waals surface area contributed by atoms with Gasteiger partial charge in [0.25, 0.3) is 0 Å². The normalized spacial score (nSPS) is 11.5. The minimum absolute atomic E-state index is 0.114. The van der Waals surface area contributed by atoms with Crippen molar-refractivity contribution in [1.82, 2.24) is 0 Å². The lowest BCUT2D eigenvalue weighted by Gasteiger charge is -2.20. The molecule has 2 nitrogen and oxygen atoms in total. The van der Waals surface area contributed by atoms with Crippen molar-refractivity contribution in [3.63, 3.8) is 0 Å². The minimum atomic E-state index is -0.473. The second kappa shape index (κ2) is 5.51. The zero-order valence-corrected chi connectivity index (χ0v) is 10.9. The van der Waals surface area contributed by atoms with Gasteiger partial charge in [-0.25, -0.2) is 0 Å². The maximum atomic E-state index is 12.1. The molecule has 0 spiro atoms. The van der Waals surface area contributed by atoms with E-state index in [0.29, 0.717) is 6.54 Å². The third kappa shape index (κ3) is 3.09. The summed E-state index contributed by atoms with van der Waals surface area (Å²) in [6.45, 7) is 6.24. The topological polar surface area (TPSA) is 43.1 Å². The lowest BCUT2D eigenvalue weighted by molar-refractivity contribution is 0.0847. The van der Waals surface area contributed by atoms with E-state index < -0.39 is 5.41 Å². The highest BCUT2D eigenvalue weighted by Gasteiger charge is 2.26. The molecular weight excluding hydrogens is 218 g/mol. The first-order chi connectivity index (χ1) is 7.51. The average Bonchev–Trinajstić information content (AvgIpc) is 2.29. The van der Waals surface area contributed by atoms with Gasteiger partial charge in [-0.1, -0.05) is 32.9 Å². The van der Waals surface area contributed by atoms with E-state index in [1.54, 1.807) is 11.8 Å². The summed E-state index contributed by atoms with van der Waals surface area (Å²) >= 11 is 1.77. The summed E-state index contributed by atoms with van der Waals surface area (Å²) in [5.41, 5.74) is 5.87. The van der Waals surface area contributed by atoms with Gasteiger partial charge >= 0.3 is 0 Å². The summed E-state index contributed by atoms with van der Waals surface area (Å²) in [6, 6.07) is 7.76. The first-order valence-electron chi connectivity index (χ1n) is 5.49. The lowest BCUT2D eigenvalue weighted by Crippen LogP contribution is -2.32. The molecule has 2 N–H and O–H groups in total. The van der Waals surface area contributed by atoms with Crippen LogP contribution in [0.3, 0.4) is 0 Å². The van der Waals surface area contributed by atoms with Crippen LogP contribution >= 0.6 is 11.8 Å². The number of hydrogen-bond donors (Lipinski definition) is 1. The lowest BCUT2D eigenvalue weighted by atomic mass is 9.84. The molecule has 1 aromatic rings. The number of ketones is 1. The van der Waals surface area contributed by atoms with Crippen LogP contribution in [0, 0.1) is 5.41 Å². The van der Waals surface area contributed by atoms with Crippen LogP contribution in [0.25, 0.3) is 0 Å². The number of carbonyl (C=O) groups is 1. The fourth-order valence-corrected chi connectivity index (χ4v) is 2.01. The van der Waals surface area contributed by atoms with Gasteiger partial charge in [-0.3, -0.25) is 4.79 Å². The van der Waals surface area contributed by atoms with Gasteiger partial charge in [0, 0.05) is 22.4 Å². The zero-order chi connectivity index (χ0) is 12.2. The molecular formula is C13H19NOS. The largest absolute Gasteiger partial charge is 0.329 e. The highest BCUT2D eigenvalue weighted by molar-refractivity contribution is 7.99. The molecule has 88 valence electrons. The molecule has 0 atom stereocenters. The maximum Gasteiger partial charge on any atom is 0.169 e. The van der Waals surface area contributed by atoms with Crippen molar-refractivity contribution in [3.8, 4) is 0 Å². The maximum absolute atomic E-state index is 12.1. The number of thioether (sulfide) groups is 1. The van der Waals surface area contributed by atoms with Crippen molar-refractivity contribution in [3.05, 3.63) is 29.8 Å². The van der Waals surface area contributed by atoms with Crippen molar-refractivity contribution in [2.75, 3.05) is 12.3 Å². The van der Waals surface area contributed by atoms with Crippen LogP contribution in [0.2, 0.25) is 0 Å². The van der Waals surface area contributed by atoms with E-state index >= 15 is 0 Å². The number of carbonyl (C=O) groups excluding carboxylic acids is 1. The van der Waals surface area contributed by atoms with Gasteiger partial charge in [-0.05, 0) is 17.9 Å². The second-order valence-electron chi connectivity index (χ2n) is 4.37. The summed E-state index contributed by atoms with van der Waals surface area (Å²) in [5.74, 6) is 1.16. The molecule has 0 saturated heterocycles. The van der Waals surface area contributed by atoms with Gasteiger partial charge in [-0.2, -0.15) is 0 Å². The second-order valence-corrected chi connectivity index (χ2v) is 5.71. The van der Waals surface area contributed by atoms with Crippen LogP contribution in [0.5, 0.6) is 0 Å². The Morgan fingerprint density at radius 1 is 1.31 bits per heavy atom. The van der Waals surface area contributed by atoms with E-state index in [1.807, 2.05) is 38.1 Å². The van der Waals surface area contributed by atoms with Crippen molar-refractivity contribution < 1.29 is 4.79 Å². The van der Waals surface area contributed by atoms with Crippen LogP contribution < -0.4 is 5.73 Å². The predicted molar refractivity (Wildman–Crippen MR) is 70.0 cm³/mol. The smallest absolute Gasteiger partial charge is 0.169 e. The summed E-state index contributed by atoms with van der Waals surface area (Å²) in [6.07, 6.45) is 0. The fraction of sp³-hybridized carbons (Fsp3) is 0.462. The molecule has 0 amide bonds. The quantitative estimate of drug-likeness (QED) is 0.632. The molecule has 0 fully saturated rings. The third-order valence-electron chi connectivity index (χ3n) is 2.55. The van der Waals surface area contributed by atoms with Gasteiger partial charge in [0.1, 0.15) is 0 Å². The molecule has 16 heavy (non-hydrogen) atoms. The molecule has 1 rings (SSSR count). The van der Waals surface area contributed by atoms with E-state index in [-0.39, 0.29) is 5.78 Å². The number of nitrogens with two attached hydrogens (primary N) is 1. The molecule has 0 aliphatic heterocycles. The van der Waals surface area contributed by atoms with E-state index in [9.17, 15) is 4.79 Å². The molecule has 3 heteroatoms. The average molecular weight is 237 g/mol. The molecule has 0 aliphatic carbocycles. The van der Waals surface area contributed by atoms with Crippen LogP contribution in [0.15, 0.2) is 29.2 Å². The van der Waals surface area contributed by atoms with Gasteiger partial charge in [0.2, 0.25) is 0 Å². The molecule has 0 bridgehead atoms. The van der Waals surface area contributed by atoms with Crippen molar-refractivity contribution in [2.24, 2.45) is 11.1 Å². The van der Waals surface area contributed by atoms with Crippen molar-refractivity contribution >= 4 is 17.5 Å². The highest BCUT2D eigenvalue weighted by Crippen LogP contribution is 2.23. The third-order valence-corrected chi connectivity index (χ3v) is 3.45. The van der Waals surface area contributed by atoms with Gasteiger partial charge < -0.3 is 5.73 Å². The van der Waals surface area contributed by atoms with E-state index in [2.05, 4.69) is 6.92 Å². The van der Waals surface area contributed by atoms with Gasteiger partial charge in [-0.15, -0.1) is 11.8 Å². The monoisotopic (exact) mass is 237 g/mol. The van der Waals surface area contributed by atoms with Crippen molar-refractivity contribution in [1.29, 1.82) is 0 Å².